The first-order chi connectivity index (χ1) is 9.09. The summed E-state index contributed by atoms with van der Waals surface area (Å²) in [4.78, 5) is 14.4. The zero-order valence-electron chi connectivity index (χ0n) is 11.8. The number of nitrogens with zero attached hydrogens (tertiary/aromatic N) is 1. The van der Waals surface area contributed by atoms with Crippen LogP contribution >= 0.6 is 24.0 Å². The number of hydrogen-bond donors (Lipinski definition) is 1. The van der Waals surface area contributed by atoms with Gasteiger partial charge in [0.05, 0.1) is 5.41 Å². The fourth-order valence-corrected chi connectivity index (χ4v) is 3.11. The van der Waals surface area contributed by atoms with Crippen LogP contribution in [0.25, 0.3) is 0 Å². The fraction of sp³-hybridized carbons (Fsp3) is 0.533. The number of amides is 1. The van der Waals surface area contributed by atoms with Crippen molar-refractivity contribution in [2.24, 2.45) is 11.1 Å². The molecule has 2 N–H and O–H groups in total. The van der Waals surface area contributed by atoms with E-state index >= 15 is 0 Å². The minimum Gasteiger partial charge on any atom is -0.341 e. The van der Waals surface area contributed by atoms with Crippen molar-refractivity contribution in [2.45, 2.75) is 32.2 Å². The molecule has 0 aliphatic heterocycles. The first-order valence-corrected chi connectivity index (χ1v) is 7.16. The third-order valence-corrected chi connectivity index (χ3v) is 4.49. The van der Waals surface area contributed by atoms with Crippen LogP contribution in [-0.2, 0) is 11.3 Å². The van der Waals surface area contributed by atoms with E-state index in [-0.39, 0.29) is 23.7 Å². The minimum absolute atomic E-state index is 0. The van der Waals surface area contributed by atoms with Gasteiger partial charge >= 0.3 is 0 Å². The van der Waals surface area contributed by atoms with Gasteiger partial charge in [-0.25, -0.2) is 0 Å². The first-order valence-electron chi connectivity index (χ1n) is 6.78. The average Bonchev–Trinajstić information content (AvgIpc) is 2.90. The zero-order chi connectivity index (χ0) is 13.9. The van der Waals surface area contributed by atoms with Crippen molar-refractivity contribution in [1.82, 2.24) is 4.90 Å². The van der Waals surface area contributed by atoms with Crippen LogP contribution in [0, 0.1) is 5.41 Å². The molecule has 112 valence electrons. The second kappa shape index (κ2) is 7.30. The molecule has 20 heavy (non-hydrogen) atoms. The maximum atomic E-state index is 12.6. The van der Waals surface area contributed by atoms with Gasteiger partial charge in [-0.05, 0) is 24.5 Å². The van der Waals surface area contributed by atoms with E-state index in [2.05, 4.69) is 0 Å². The summed E-state index contributed by atoms with van der Waals surface area (Å²) in [6.07, 6.45) is 4.02. The standard InChI is InChI=1S/C15H21ClN2O.ClH/c1-18(10-12-6-2-3-7-13(12)16)14(19)15(11-17)8-4-5-9-15;/h2-3,6-7H,4-5,8-11,17H2,1H3;1H. The van der Waals surface area contributed by atoms with Crippen molar-refractivity contribution in [3.63, 3.8) is 0 Å². The number of nitrogens with two attached hydrogens (primary N) is 1. The Morgan fingerprint density at radius 2 is 1.95 bits per heavy atom. The van der Waals surface area contributed by atoms with Crippen LogP contribution in [-0.4, -0.2) is 24.4 Å². The van der Waals surface area contributed by atoms with Gasteiger partial charge in [-0.2, -0.15) is 0 Å². The number of carbonyl (C=O) groups excluding carboxylic acids is 1. The Hall–Kier alpha value is -0.770. The van der Waals surface area contributed by atoms with E-state index in [1.165, 1.54) is 0 Å². The van der Waals surface area contributed by atoms with Gasteiger partial charge in [-0.15, -0.1) is 12.4 Å². The summed E-state index contributed by atoms with van der Waals surface area (Å²) in [7, 11) is 1.83. The Labute approximate surface area is 131 Å². The smallest absolute Gasteiger partial charge is 0.230 e. The van der Waals surface area contributed by atoms with Crippen LogP contribution in [0.5, 0.6) is 0 Å². The molecular weight excluding hydrogens is 295 g/mol. The molecule has 0 bridgehead atoms. The van der Waals surface area contributed by atoms with Gasteiger partial charge < -0.3 is 10.6 Å². The summed E-state index contributed by atoms with van der Waals surface area (Å²) in [5, 5.41) is 0.704. The van der Waals surface area contributed by atoms with Crippen LogP contribution in [0.4, 0.5) is 0 Å². The highest BCUT2D eigenvalue weighted by Crippen LogP contribution is 2.38. The minimum atomic E-state index is -0.337. The van der Waals surface area contributed by atoms with E-state index in [0.29, 0.717) is 18.1 Å². The van der Waals surface area contributed by atoms with E-state index < -0.39 is 0 Å². The molecule has 2 rings (SSSR count). The molecule has 1 aromatic carbocycles. The predicted octanol–water partition coefficient (Wildman–Crippen LogP) is 3.24. The molecule has 1 aliphatic rings. The lowest BCUT2D eigenvalue weighted by atomic mass is 9.84. The fourth-order valence-electron chi connectivity index (χ4n) is 2.92. The second-order valence-electron chi connectivity index (χ2n) is 5.44. The van der Waals surface area contributed by atoms with Gasteiger partial charge in [0.2, 0.25) is 5.91 Å². The van der Waals surface area contributed by atoms with Crippen molar-refractivity contribution in [3.8, 4) is 0 Å². The topological polar surface area (TPSA) is 46.3 Å². The van der Waals surface area contributed by atoms with Crippen molar-refractivity contribution < 1.29 is 4.79 Å². The van der Waals surface area contributed by atoms with Crippen LogP contribution < -0.4 is 5.73 Å². The zero-order valence-corrected chi connectivity index (χ0v) is 13.3. The van der Waals surface area contributed by atoms with Gasteiger partial charge in [0.15, 0.2) is 0 Å². The van der Waals surface area contributed by atoms with Gasteiger partial charge in [-0.1, -0.05) is 42.6 Å². The molecule has 0 atom stereocenters. The molecule has 5 heteroatoms. The van der Waals surface area contributed by atoms with Gasteiger partial charge in [0, 0.05) is 25.2 Å². The number of rotatable bonds is 4. The van der Waals surface area contributed by atoms with E-state index in [4.69, 9.17) is 17.3 Å². The van der Waals surface area contributed by atoms with Crippen LogP contribution in [0.2, 0.25) is 5.02 Å². The van der Waals surface area contributed by atoms with Crippen LogP contribution in [0.1, 0.15) is 31.2 Å². The monoisotopic (exact) mass is 316 g/mol. The summed E-state index contributed by atoms with van der Waals surface area (Å²) in [6.45, 7) is 0.985. The first kappa shape index (κ1) is 17.3. The van der Waals surface area contributed by atoms with Crippen LogP contribution in [0.3, 0.4) is 0 Å². The maximum absolute atomic E-state index is 12.6. The highest BCUT2D eigenvalue weighted by atomic mass is 35.5. The third-order valence-electron chi connectivity index (χ3n) is 4.12. The van der Waals surface area contributed by atoms with Crippen molar-refractivity contribution in [1.29, 1.82) is 0 Å². The Balaban J connectivity index is 0.00000200. The van der Waals surface area contributed by atoms with Crippen molar-refractivity contribution >= 4 is 29.9 Å². The molecule has 1 aliphatic carbocycles. The van der Waals surface area contributed by atoms with Crippen molar-refractivity contribution in [3.05, 3.63) is 34.9 Å². The normalized spacial score (nSPS) is 16.6. The molecule has 1 aromatic rings. The summed E-state index contributed by atoms with van der Waals surface area (Å²) < 4.78 is 0. The molecule has 1 saturated carbocycles. The summed E-state index contributed by atoms with van der Waals surface area (Å²) in [5.74, 6) is 0.160. The molecule has 0 saturated heterocycles. The summed E-state index contributed by atoms with van der Waals surface area (Å²) in [6, 6.07) is 7.64. The molecule has 1 fully saturated rings. The Kier molecular flexibility index (Phi) is 6.31. The van der Waals surface area contributed by atoms with E-state index in [1.54, 1.807) is 4.90 Å². The van der Waals surface area contributed by atoms with Crippen molar-refractivity contribution in [2.75, 3.05) is 13.6 Å². The van der Waals surface area contributed by atoms with Gasteiger partial charge in [-0.3, -0.25) is 4.79 Å². The molecule has 1 amide bonds. The van der Waals surface area contributed by atoms with Gasteiger partial charge in [0.1, 0.15) is 0 Å². The molecule has 0 aromatic heterocycles. The predicted molar refractivity (Wildman–Crippen MR) is 85.1 cm³/mol. The third kappa shape index (κ3) is 3.46. The SMILES string of the molecule is CN(Cc1ccccc1Cl)C(=O)C1(CN)CCCC1.Cl. The number of carbonyl (C=O) groups is 1. The van der Waals surface area contributed by atoms with Gasteiger partial charge in [0.25, 0.3) is 0 Å². The molecule has 0 radical (unpaired) electrons. The second-order valence-corrected chi connectivity index (χ2v) is 5.85. The Morgan fingerprint density at radius 1 is 1.35 bits per heavy atom. The average molecular weight is 317 g/mol. The lowest BCUT2D eigenvalue weighted by Gasteiger charge is -2.31. The quantitative estimate of drug-likeness (QED) is 0.926. The molecule has 3 nitrogen and oxygen atoms in total. The highest BCUT2D eigenvalue weighted by Gasteiger charge is 2.41. The lowest BCUT2D eigenvalue weighted by molar-refractivity contribution is -0.140. The molecule has 0 spiro atoms. The Morgan fingerprint density at radius 3 is 2.50 bits per heavy atom. The van der Waals surface area contributed by atoms with E-state index in [9.17, 15) is 4.79 Å². The molecule has 0 unspecified atom stereocenters. The van der Waals surface area contributed by atoms with E-state index in [0.717, 1.165) is 31.2 Å². The molecular formula is C15H22Cl2N2O. The number of halogens is 2. The maximum Gasteiger partial charge on any atom is 0.230 e. The molecule has 0 heterocycles. The summed E-state index contributed by atoms with van der Waals surface area (Å²) >= 11 is 6.14. The lowest BCUT2D eigenvalue weighted by Crippen LogP contribution is -2.44. The largest absolute Gasteiger partial charge is 0.341 e. The van der Waals surface area contributed by atoms with Crippen LogP contribution in [0.15, 0.2) is 24.3 Å². The number of benzene rings is 1. The highest BCUT2D eigenvalue weighted by molar-refractivity contribution is 6.31. The van der Waals surface area contributed by atoms with E-state index in [1.807, 2.05) is 31.3 Å². The Bertz CT molecular complexity index is 459. The summed E-state index contributed by atoms with van der Waals surface area (Å²) in [5.41, 5.74) is 6.50. The number of hydrogen-bond acceptors (Lipinski definition) is 2.